The van der Waals surface area contributed by atoms with Crippen molar-refractivity contribution in [2.24, 2.45) is 0 Å². The van der Waals surface area contributed by atoms with Gasteiger partial charge in [-0.25, -0.2) is 14.0 Å². The van der Waals surface area contributed by atoms with Crippen LogP contribution in [0.1, 0.15) is 41.3 Å². The monoisotopic (exact) mass is 476 g/mol. The molecule has 0 spiro atoms. The molecule has 1 aliphatic carbocycles. The van der Waals surface area contributed by atoms with Gasteiger partial charge in [-0.2, -0.15) is 0 Å². The molecular formula is C27H25FN2O5. The van der Waals surface area contributed by atoms with Crippen molar-refractivity contribution in [3.8, 4) is 11.1 Å². The van der Waals surface area contributed by atoms with Crippen molar-refractivity contribution in [2.75, 3.05) is 19.0 Å². The van der Waals surface area contributed by atoms with Gasteiger partial charge in [-0.3, -0.25) is 10.1 Å². The molecule has 0 aromatic heterocycles. The van der Waals surface area contributed by atoms with Crippen LogP contribution in [0.15, 0.2) is 66.7 Å². The van der Waals surface area contributed by atoms with Crippen molar-refractivity contribution < 1.29 is 28.6 Å². The first-order valence-corrected chi connectivity index (χ1v) is 11.0. The number of hydrogen-bond acceptors (Lipinski definition) is 4. The minimum absolute atomic E-state index is 0.0174. The average Bonchev–Trinajstić information content (AvgIpc) is 3.16. The maximum atomic E-state index is 14.7. The molecule has 3 aromatic rings. The van der Waals surface area contributed by atoms with E-state index >= 15 is 0 Å². The molecule has 4 rings (SSSR count). The molecule has 1 aliphatic rings. The number of benzene rings is 3. The van der Waals surface area contributed by atoms with E-state index in [4.69, 9.17) is 4.74 Å². The van der Waals surface area contributed by atoms with Crippen LogP contribution in [0, 0.1) is 5.82 Å². The van der Waals surface area contributed by atoms with Crippen LogP contribution in [0.2, 0.25) is 0 Å². The van der Waals surface area contributed by atoms with Crippen molar-refractivity contribution in [2.45, 2.75) is 25.3 Å². The van der Waals surface area contributed by atoms with Crippen LogP contribution in [0.3, 0.4) is 0 Å². The van der Waals surface area contributed by atoms with Crippen molar-refractivity contribution in [3.05, 3.63) is 89.2 Å². The van der Waals surface area contributed by atoms with Crippen molar-refractivity contribution in [1.29, 1.82) is 0 Å². The predicted molar refractivity (Wildman–Crippen MR) is 129 cm³/mol. The SMILES string of the molecule is CN(C(=O)c1cccc(F)c1NC(=O)OCC1c2ccccc2-c2ccccc21)C(C)(C)C(=O)O. The third kappa shape index (κ3) is 4.35. The standard InChI is InChI=1S/C27H25FN2O5/c1-27(2,25(32)33)30(3)24(31)20-13-8-14-22(28)23(20)29-26(34)35-15-21-18-11-6-4-9-16(18)17-10-5-7-12-19(17)21/h4-14,21H,15H2,1-3H3,(H,29,34)(H,32,33). The summed E-state index contributed by atoms with van der Waals surface area (Å²) in [7, 11) is 1.30. The fourth-order valence-corrected chi connectivity index (χ4v) is 4.14. The number of anilines is 1. The molecule has 0 saturated carbocycles. The fraction of sp³-hybridized carbons (Fsp3) is 0.222. The summed E-state index contributed by atoms with van der Waals surface area (Å²) in [6.45, 7) is 2.72. The van der Waals surface area contributed by atoms with Gasteiger partial charge in [-0.05, 0) is 48.2 Å². The number of halogens is 1. The fourth-order valence-electron chi connectivity index (χ4n) is 4.14. The summed E-state index contributed by atoms with van der Waals surface area (Å²) in [5, 5.41) is 11.8. The zero-order valence-electron chi connectivity index (χ0n) is 19.5. The van der Waals surface area contributed by atoms with Gasteiger partial charge in [0, 0.05) is 13.0 Å². The molecular weight excluding hydrogens is 451 g/mol. The Hall–Kier alpha value is -4.20. The summed E-state index contributed by atoms with van der Waals surface area (Å²) < 4.78 is 20.1. The summed E-state index contributed by atoms with van der Waals surface area (Å²) in [6, 6.07) is 19.5. The molecule has 0 radical (unpaired) electrons. The smallest absolute Gasteiger partial charge is 0.411 e. The number of hydrogen-bond donors (Lipinski definition) is 2. The van der Waals surface area contributed by atoms with Gasteiger partial charge >= 0.3 is 12.1 Å². The number of fused-ring (bicyclic) bond motifs is 3. The Morgan fingerprint density at radius 3 is 2.11 bits per heavy atom. The Kier molecular flexibility index (Phi) is 6.30. The molecule has 2 N–H and O–H groups in total. The molecule has 8 heteroatoms. The number of nitrogens with one attached hydrogen (secondary N) is 1. The van der Waals surface area contributed by atoms with Crippen molar-refractivity contribution >= 4 is 23.7 Å². The average molecular weight is 477 g/mol. The molecule has 0 atom stereocenters. The zero-order valence-corrected chi connectivity index (χ0v) is 19.5. The highest BCUT2D eigenvalue weighted by molar-refractivity contribution is 6.04. The Morgan fingerprint density at radius 2 is 1.54 bits per heavy atom. The molecule has 0 unspecified atom stereocenters. The molecule has 0 heterocycles. The van der Waals surface area contributed by atoms with Gasteiger partial charge in [-0.1, -0.05) is 54.6 Å². The number of ether oxygens (including phenoxy) is 1. The largest absolute Gasteiger partial charge is 0.480 e. The molecule has 35 heavy (non-hydrogen) atoms. The molecule has 0 saturated heterocycles. The zero-order chi connectivity index (χ0) is 25.3. The first-order chi connectivity index (χ1) is 16.6. The van der Waals surface area contributed by atoms with Gasteiger partial charge in [0.1, 0.15) is 18.0 Å². The lowest BCUT2D eigenvalue weighted by Gasteiger charge is -2.32. The number of para-hydroxylation sites is 1. The van der Waals surface area contributed by atoms with E-state index < -0.39 is 29.3 Å². The summed E-state index contributed by atoms with van der Waals surface area (Å²) in [6.07, 6.45) is -0.925. The first-order valence-electron chi connectivity index (χ1n) is 11.0. The number of rotatable bonds is 6. The predicted octanol–water partition coefficient (Wildman–Crippen LogP) is 5.12. The van der Waals surface area contributed by atoms with Crippen LogP contribution in [0.25, 0.3) is 11.1 Å². The second-order valence-corrected chi connectivity index (χ2v) is 8.84. The third-order valence-corrected chi connectivity index (χ3v) is 6.48. The Morgan fingerprint density at radius 1 is 0.971 bits per heavy atom. The molecule has 3 aromatic carbocycles. The molecule has 180 valence electrons. The summed E-state index contributed by atoms with van der Waals surface area (Å²) >= 11 is 0. The lowest BCUT2D eigenvalue weighted by molar-refractivity contribution is -0.147. The number of carboxylic acids is 1. The number of carbonyl (C=O) groups is 3. The van der Waals surface area contributed by atoms with Crippen LogP contribution in [-0.2, 0) is 9.53 Å². The van der Waals surface area contributed by atoms with E-state index in [1.165, 1.54) is 33.0 Å². The van der Waals surface area contributed by atoms with Crippen LogP contribution in [0.5, 0.6) is 0 Å². The maximum Gasteiger partial charge on any atom is 0.411 e. The number of amides is 2. The van der Waals surface area contributed by atoms with Crippen molar-refractivity contribution in [3.63, 3.8) is 0 Å². The Balaban J connectivity index is 1.53. The highest BCUT2D eigenvalue weighted by Gasteiger charge is 2.37. The summed E-state index contributed by atoms with van der Waals surface area (Å²) in [5.41, 5.74) is 2.09. The number of nitrogens with zero attached hydrogens (tertiary/aromatic N) is 1. The van der Waals surface area contributed by atoms with Gasteiger partial charge in [0.2, 0.25) is 0 Å². The van der Waals surface area contributed by atoms with E-state index in [-0.39, 0.29) is 23.8 Å². The maximum absolute atomic E-state index is 14.7. The number of carboxylic acid groups (broad SMARTS) is 1. The quantitative estimate of drug-likeness (QED) is 0.515. The number of likely N-dealkylation sites (N-methyl/N-ethyl adjacent to an activating group) is 1. The Bertz CT molecular complexity index is 1270. The van der Waals surface area contributed by atoms with Crippen molar-refractivity contribution in [1.82, 2.24) is 4.90 Å². The van der Waals surface area contributed by atoms with E-state index in [1.54, 1.807) is 0 Å². The molecule has 0 fully saturated rings. The Labute approximate surface area is 202 Å². The summed E-state index contributed by atoms with van der Waals surface area (Å²) in [5.74, 6) is -3.01. The number of carbonyl (C=O) groups excluding carboxylic acids is 2. The van der Waals surface area contributed by atoms with E-state index in [2.05, 4.69) is 5.32 Å². The third-order valence-electron chi connectivity index (χ3n) is 6.48. The van der Waals surface area contributed by atoms with Gasteiger partial charge in [0.15, 0.2) is 0 Å². The van der Waals surface area contributed by atoms with Crippen LogP contribution in [0.4, 0.5) is 14.9 Å². The topological polar surface area (TPSA) is 95.9 Å². The van der Waals surface area contributed by atoms with E-state index in [0.29, 0.717) is 0 Å². The lowest BCUT2D eigenvalue weighted by atomic mass is 9.98. The molecule has 7 nitrogen and oxygen atoms in total. The highest BCUT2D eigenvalue weighted by Crippen LogP contribution is 2.44. The minimum Gasteiger partial charge on any atom is -0.480 e. The van der Waals surface area contributed by atoms with E-state index in [9.17, 15) is 23.9 Å². The van der Waals surface area contributed by atoms with Crippen LogP contribution in [-0.4, -0.2) is 47.2 Å². The molecule has 0 bridgehead atoms. The van der Waals surface area contributed by atoms with Crippen LogP contribution >= 0.6 is 0 Å². The molecule has 2 amide bonds. The van der Waals surface area contributed by atoms with Gasteiger partial charge < -0.3 is 14.7 Å². The van der Waals surface area contributed by atoms with Gasteiger partial charge in [0.25, 0.3) is 5.91 Å². The van der Waals surface area contributed by atoms with E-state index in [1.807, 2.05) is 48.5 Å². The normalized spacial score (nSPS) is 12.5. The second kappa shape index (κ2) is 9.21. The van der Waals surface area contributed by atoms with E-state index in [0.717, 1.165) is 33.2 Å². The van der Waals surface area contributed by atoms with Crippen LogP contribution < -0.4 is 5.32 Å². The van der Waals surface area contributed by atoms with Gasteiger partial charge in [-0.15, -0.1) is 0 Å². The van der Waals surface area contributed by atoms with Gasteiger partial charge in [0.05, 0.1) is 11.3 Å². The summed E-state index contributed by atoms with van der Waals surface area (Å²) in [4.78, 5) is 38.2. The second-order valence-electron chi connectivity index (χ2n) is 8.84. The minimum atomic E-state index is -1.55. The highest BCUT2D eigenvalue weighted by atomic mass is 19.1. The lowest BCUT2D eigenvalue weighted by Crippen LogP contribution is -2.50. The molecule has 0 aliphatic heterocycles. The first kappa shape index (κ1) is 23.9. The number of aliphatic carboxylic acids is 1.